The van der Waals surface area contributed by atoms with E-state index in [1.165, 1.54) is 37.3 Å². The molecular weight excluding hydrogens is 367 g/mol. The quantitative estimate of drug-likeness (QED) is 0.637. The Bertz CT molecular complexity index is 691. The Balaban J connectivity index is -0.000000346. The maximum Gasteiger partial charge on any atom is 1.00 e. The third kappa shape index (κ3) is 8.10. The van der Waals surface area contributed by atoms with Crippen LogP contribution in [0.15, 0.2) is 36.4 Å². The van der Waals surface area contributed by atoms with Crippen molar-refractivity contribution in [2.24, 2.45) is 0 Å². The number of carbonyl (C=O) groups excluding carboxylic acids is 1. The largest absolute Gasteiger partial charge is 1.00 e. The van der Waals surface area contributed by atoms with Crippen molar-refractivity contribution in [3.63, 3.8) is 0 Å². The van der Waals surface area contributed by atoms with E-state index < -0.39 is 11.9 Å². The number of benzene rings is 2. The predicted molar refractivity (Wildman–Crippen MR) is 90.3 cm³/mol. The molecule has 0 saturated carbocycles. The minimum atomic E-state index is -0.724. The molecule has 8 heteroatoms. The summed E-state index contributed by atoms with van der Waals surface area (Å²) in [6.45, 7) is 2.89. The van der Waals surface area contributed by atoms with Gasteiger partial charge in [-0.3, -0.25) is 4.79 Å². The molecule has 2 aromatic carbocycles. The van der Waals surface area contributed by atoms with Gasteiger partial charge in [-0.15, -0.1) is 0 Å². The number of hydrogen-bond donors (Lipinski definition) is 1. The summed E-state index contributed by atoms with van der Waals surface area (Å²) in [5, 5.41) is 9.76. The summed E-state index contributed by atoms with van der Waals surface area (Å²) in [7, 11) is 0. The first kappa shape index (κ1) is 25.8. The van der Waals surface area contributed by atoms with Gasteiger partial charge < -0.3 is 6.53 Å². The van der Waals surface area contributed by atoms with Crippen molar-refractivity contribution in [2.75, 3.05) is 0 Å². The van der Waals surface area contributed by atoms with E-state index in [-0.39, 0.29) is 56.6 Å². The summed E-state index contributed by atoms with van der Waals surface area (Å²) in [6, 6.07) is 7.63. The second-order valence-electron chi connectivity index (χ2n) is 4.52. The summed E-state index contributed by atoms with van der Waals surface area (Å²) < 4.78 is 25.0. The van der Waals surface area contributed by atoms with E-state index in [9.17, 15) is 13.6 Å². The maximum atomic E-state index is 12.5. The molecule has 1 atom stereocenters. The van der Waals surface area contributed by atoms with E-state index in [1.54, 1.807) is 6.92 Å². The minimum absolute atomic E-state index is 0. The van der Waals surface area contributed by atoms with Crippen molar-refractivity contribution >= 4 is 37.4 Å². The van der Waals surface area contributed by atoms with Crippen molar-refractivity contribution < 1.29 is 49.7 Å². The van der Waals surface area contributed by atoms with E-state index in [0.717, 1.165) is 6.07 Å². The average molecular weight is 382 g/mol. The van der Waals surface area contributed by atoms with Gasteiger partial charge in [0.2, 0.25) is 0 Å². The number of halogens is 4. The Morgan fingerprint density at radius 3 is 1.92 bits per heavy atom. The zero-order chi connectivity index (χ0) is 16.9. The summed E-state index contributed by atoms with van der Waals surface area (Å²) in [4.78, 5) is 10.8. The smallest absolute Gasteiger partial charge is 1.00 e. The second-order valence-corrected chi connectivity index (χ2v) is 5.34. The molecule has 0 aliphatic carbocycles. The van der Waals surface area contributed by atoms with Gasteiger partial charge >= 0.3 is 29.6 Å². The number of carbonyl (C=O) groups is 1. The molecule has 0 heterocycles. The molecule has 0 saturated heterocycles. The first-order valence-electron chi connectivity index (χ1n) is 6.31. The van der Waals surface area contributed by atoms with Crippen molar-refractivity contribution in [3.8, 4) is 0 Å². The Kier molecular flexibility index (Phi) is 12.9. The molecule has 2 aromatic rings. The first-order valence-corrected chi connectivity index (χ1v) is 7.07. The standard InChI is InChI=1S/C8H8ClFO.C8H6ClFO.B.Na.H/c2*1-5(11)7-4-6(10)2-3-8(7)9;;;/h2-5,11H,1H3;2-4H,1H3;;;/q;;;+1;-1. The topological polar surface area (TPSA) is 37.3 Å². The molecule has 0 fully saturated rings. The molecule has 3 radical (unpaired) electrons. The first-order chi connectivity index (χ1) is 10.2. The third-order valence-electron chi connectivity index (χ3n) is 2.72. The van der Waals surface area contributed by atoms with E-state index in [4.69, 9.17) is 28.3 Å². The third-order valence-corrected chi connectivity index (χ3v) is 3.39. The van der Waals surface area contributed by atoms with E-state index in [0.29, 0.717) is 15.6 Å². The molecule has 0 aromatic heterocycles. The average Bonchev–Trinajstić information content (AvgIpc) is 2.44. The van der Waals surface area contributed by atoms with Crippen LogP contribution in [0.4, 0.5) is 8.78 Å². The van der Waals surface area contributed by atoms with Crippen LogP contribution in [0, 0.1) is 11.6 Å². The van der Waals surface area contributed by atoms with Gasteiger partial charge in [-0.05, 0) is 50.2 Å². The van der Waals surface area contributed by atoms with Crippen LogP contribution in [-0.4, -0.2) is 19.3 Å². The number of aliphatic hydroxyl groups excluding tert-OH is 1. The van der Waals surface area contributed by atoms with E-state index in [2.05, 4.69) is 0 Å². The van der Waals surface area contributed by atoms with Crippen molar-refractivity contribution in [1.82, 2.24) is 0 Å². The van der Waals surface area contributed by atoms with Crippen LogP contribution in [0.25, 0.3) is 0 Å². The minimum Gasteiger partial charge on any atom is -1.00 e. The summed E-state index contributed by atoms with van der Waals surface area (Å²) in [5.41, 5.74) is 0.651. The SMILES string of the molecule is CC(=O)c1cc(F)ccc1Cl.CC(O)c1cc(F)ccc1Cl.[B].[H-].[Na+]. The van der Waals surface area contributed by atoms with Crippen molar-refractivity contribution in [3.05, 3.63) is 69.2 Å². The number of Topliss-reactive ketones (excluding diaryl/α,β-unsaturated/α-hetero) is 1. The van der Waals surface area contributed by atoms with Crippen LogP contribution >= 0.6 is 23.2 Å². The van der Waals surface area contributed by atoms with Crippen LogP contribution < -0.4 is 29.6 Å². The van der Waals surface area contributed by atoms with Gasteiger partial charge in [-0.1, -0.05) is 23.2 Å². The molecule has 0 bridgehead atoms. The summed E-state index contributed by atoms with van der Waals surface area (Å²) >= 11 is 11.3. The summed E-state index contributed by atoms with van der Waals surface area (Å²) in [5.74, 6) is -1.06. The fourth-order valence-electron chi connectivity index (χ4n) is 1.60. The number of aliphatic hydroxyl groups is 1. The molecule has 0 aliphatic heterocycles. The molecule has 2 nitrogen and oxygen atoms in total. The van der Waals surface area contributed by atoms with Gasteiger partial charge in [-0.25, -0.2) is 8.78 Å². The normalized spacial score (nSPS) is 10.5. The molecule has 123 valence electrons. The fourth-order valence-corrected chi connectivity index (χ4v) is 2.13. The van der Waals surface area contributed by atoms with Gasteiger partial charge in [0.1, 0.15) is 11.6 Å². The zero-order valence-corrected chi connectivity index (χ0v) is 17.0. The molecule has 0 amide bonds. The Morgan fingerprint density at radius 1 is 1.08 bits per heavy atom. The molecule has 0 aliphatic rings. The Labute approximate surface area is 175 Å². The van der Waals surface area contributed by atoms with Crippen LogP contribution in [0.2, 0.25) is 10.0 Å². The van der Waals surface area contributed by atoms with E-state index in [1.807, 2.05) is 0 Å². The number of ketones is 1. The van der Waals surface area contributed by atoms with Gasteiger partial charge in [0.25, 0.3) is 0 Å². The number of hydrogen-bond acceptors (Lipinski definition) is 2. The molecule has 24 heavy (non-hydrogen) atoms. The van der Waals surface area contributed by atoms with E-state index >= 15 is 0 Å². The predicted octanol–water partition coefficient (Wildman–Crippen LogP) is 1.95. The molecule has 1 N–H and O–H groups in total. The van der Waals surface area contributed by atoms with Crippen LogP contribution in [-0.2, 0) is 0 Å². The van der Waals surface area contributed by atoms with Crippen LogP contribution in [0.3, 0.4) is 0 Å². The molecule has 0 spiro atoms. The fraction of sp³-hybridized carbons (Fsp3) is 0.188. The van der Waals surface area contributed by atoms with Crippen LogP contribution in [0.5, 0.6) is 0 Å². The number of rotatable bonds is 2. The molecular formula is C16H15BCl2F2NaO2. The van der Waals surface area contributed by atoms with Crippen molar-refractivity contribution in [1.29, 1.82) is 0 Å². The Morgan fingerprint density at radius 2 is 1.54 bits per heavy atom. The zero-order valence-electron chi connectivity index (χ0n) is 14.5. The van der Waals surface area contributed by atoms with Crippen LogP contribution in [0.1, 0.15) is 37.3 Å². The van der Waals surface area contributed by atoms with Gasteiger partial charge in [0.15, 0.2) is 5.78 Å². The van der Waals surface area contributed by atoms with Gasteiger partial charge in [0, 0.05) is 24.6 Å². The van der Waals surface area contributed by atoms with Gasteiger partial charge in [-0.2, -0.15) is 0 Å². The van der Waals surface area contributed by atoms with Gasteiger partial charge in [0.05, 0.1) is 11.1 Å². The molecule has 1 unspecified atom stereocenters. The van der Waals surface area contributed by atoms with Crippen molar-refractivity contribution in [2.45, 2.75) is 20.0 Å². The molecule has 2 rings (SSSR count). The summed E-state index contributed by atoms with van der Waals surface area (Å²) in [6.07, 6.45) is -0.724. The maximum absolute atomic E-state index is 12.5. The Hall–Kier alpha value is -0.425. The monoisotopic (exact) mass is 381 g/mol. The second kappa shape index (κ2) is 12.0.